The number of benzene rings is 1. The monoisotopic (exact) mass is 508 g/mol. The lowest BCUT2D eigenvalue weighted by atomic mass is 9.84. The summed E-state index contributed by atoms with van der Waals surface area (Å²) >= 11 is 0. The number of ether oxygens (including phenoxy) is 2. The zero-order valence-electron chi connectivity index (χ0n) is 22.9. The Morgan fingerprint density at radius 3 is 2.57 bits per heavy atom. The van der Waals surface area contributed by atoms with E-state index in [0.29, 0.717) is 25.6 Å². The average Bonchev–Trinajstić information content (AvgIpc) is 2.91. The number of nitrogens with zero attached hydrogens (tertiary/aromatic N) is 3. The number of rotatable bonds is 11. The van der Waals surface area contributed by atoms with Crippen LogP contribution in [0.3, 0.4) is 0 Å². The maximum atomic E-state index is 12.6. The molecule has 37 heavy (non-hydrogen) atoms. The quantitative estimate of drug-likeness (QED) is 0.485. The third-order valence-corrected chi connectivity index (χ3v) is 7.75. The molecule has 1 N–H and O–H groups in total. The van der Waals surface area contributed by atoms with Crippen LogP contribution in [0.2, 0.25) is 0 Å². The number of hydrogen-bond acceptors (Lipinski definition) is 6. The van der Waals surface area contributed by atoms with E-state index in [2.05, 4.69) is 34.1 Å². The van der Waals surface area contributed by atoms with E-state index in [-0.39, 0.29) is 11.9 Å². The van der Waals surface area contributed by atoms with Gasteiger partial charge in [-0.05, 0) is 57.9 Å². The number of carbonyl (C=O) groups is 1. The Labute approximate surface area is 222 Å². The van der Waals surface area contributed by atoms with E-state index in [1.54, 1.807) is 0 Å². The Bertz CT molecular complexity index is 983. The van der Waals surface area contributed by atoms with Crippen LogP contribution in [-0.4, -0.2) is 79.7 Å². The van der Waals surface area contributed by atoms with Crippen molar-refractivity contribution in [3.05, 3.63) is 42.2 Å². The van der Waals surface area contributed by atoms with Gasteiger partial charge in [-0.1, -0.05) is 25.3 Å². The molecule has 0 spiro atoms. The largest absolute Gasteiger partial charge is 0.494 e. The van der Waals surface area contributed by atoms with E-state index in [0.717, 1.165) is 61.0 Å². The van der Waals surface area contributed by atoms with E-state index in [9.17, 15) is 4.79 Å². The van der Waals surface area contributed by atoms with Gasteiger partial charge in [0.25, 0.3) is 0 Å². The summed E-state index contributed by atoms with van der Waals surface area (Å²) in [6, 6.07) is 10.2. The molecule has 0 bridgehead atoms. The molecule has 2 aliphatic rings. The van der Waals surface area contributed by atoms with Crippen LogP contribution in [0.15, 0.2) is 36.5 Å². The average molecular weight is 509 g/mol. The van der Waals surface area contributed by atoms with Crippen molar-refractivity contribution >= 4 is 5.91 Å². The molecule has 1 aliphatic carbocycles. The topological polar surface area (TPSA) is 66.9 Å². The van der Waals surface area contributed by atoms with Crippen molar-refractivity contribution in [2.75, 3.05) is 53.0 Å². The fraction of sp³-hybridized carbons (Fsp3) is 0.600. The van der Waals surface area contributed by atoms with Crippen LogP contribution in [0, 0.1) is 5.92 Å². The third-order valence-electron chi connectivity index (χ3n) is 7.75. The Hall–Kier alpha value is -2.64. The molecule has 2 fully saturated rings. The molecule has 4 rings (SSSR count). The molecule has 7 heteroatoms. The summed E-state index contributed by atoms with van der Waals surface area (Å²) in [6.07, 6.45) is 8.46. The molecule has 202 valence electrons. The first kappa shape index (κ1) is 27.4. The predicted octanol–water partition coefficient (Wildman–Crippen LogP) is 4.40. The fourth-order valence-electron chi connectivity index (χ4n) is 5.38. The van der Waals surface area contributed by atoms with E-state index in [1.165, 1.54) is 32.1 Å². The van der Waals surface area contributed by atoms with Gasteiger partial charge < -0.3 is 19.7 Å². The highest BCUT2D eigenvalue weighted by atomic mass is 16.5. The number of likely N-dealkylation sites (N-methyl/N-ethyl adjacent to an activating group) is 1. The second-order valence-corrected chi connectivity index (χ2v) is 10.6. The standard InChI is InChI=1S/C30H44N4O3/c1-4-36-27-12-13-28(29(21-27)37-19-18-34-16-14-33(3)15-17-34)25-10-11-26(31-22-25)20-30(35)32-23(2)24-8-6-5-7-9-24/h10-13,21-24H,4-9,14-20H2,1-3H3,(H,32,35)/t23-/m1/s1. The van der Waals surface area contributed by atoms with Gasteiger partial charge in [-0.25, -0.2) is 0 Å². The van der Waals surface area contributed by atoms with Crippen LogP contribution >= 0.6 is 0 Å². The van der Waals surface area contributed by atoms with E-state index in [4.69, 9.17) is 9.47 Å². The first-order chi connectivity index (χ1) is 18.0. The lowest BCUT2D eigenvalue weighted by Gasteiger charge is -2.32. The van der Waals surface area contributed by atoms with Crippen LogP contribution in [0.25, 0.3) is 11.1 Å². The SMILES string of the molecule is CCOc1ccc(-c2ccc(CC(=O)N[C@H](C)C3CCCCC3)nc2)c(OCCN2CCN(C)CC2)c1. The summed E-state index contributed by atoms with van der Waals surface area (Å²) in [4.78, 5) is 22.1. The van der Waals surface area contributed by atoms with Crippen LogP contribution in [0.1, 0.15) is 51.6 Å². The molecular weight excluding hydrogens is 464 g/mol. The van der Waals surface area contributed by atoms with Gasteiger partial charge in [-0.2, -0.15) is 0 Å². The first-order valence-electron chi connectivity index (χ1n) is 14.1. The highest BCUT2D eigenvalue weighted by Crippen LogP contribution is 2.33. The highest BCUT2D eigenvalue weighted by Gasteiger charge is 2.21. The summed E-state index contributed by atoms with van der Waals surface area (Å²) in [5, 5.41) is 3.20. The molecule has 1 saturated carbocycles. The highest BCUT2D eigenvalue weighted by molar-refractivity contribution is 5.78. The minimum atomic E-state index is 0.0484. The van der Waals surface area contributed by atoms with Crippen molar-refractivity contribution in [3.63, 3.8) is 0 Å². The maximum Gasteiger partial charge on any atom is 0.226 e. The number of carbonyl (C=O) groups excluding carboxylic acids is 1. The van der Waals surface area contributed by atoms with Gasteiger partial charge in [0, 0.05) is 67.8 Å². The normalized spacial score (nSPS) is 18.4. The third kappa shape index (κ3) is 8.17. The van der Waals surface area contributed by atoms with Gasteiger partial charge in [0.05, 0.1) is 13.0 Å². The van der Waals surface area contributed by atoms with Gasteiger partial charge in [0.1, 0.15) is 18.1 Å². The molecule has 1 amide bonds. The van der Waals surface area contributed by atoms with E-state index >= 15 is 0 Å². The van der Waals surface area contributed by atoms with Crippen LogP contribution in [0.5, 0.6) is 11.5 Å². The molecule has 1 atom stereocenters. The molecule has 1 aromatic heterocycles. The number of nitrogens with one attached hydrogen (secondary N) is 1. The summed E-state index contributed by atoms with van der Waals surface area (Å²) in [5.74, 6) is 2.25. The van der Waals surface area contributed by atoms with Crippen LogP contribution in [0.4, 0.5) is 0 Å². The van der Waals surface area contributed by atoms with Gasteiger partial charge in [0.15, 0.2) is 0 Å². The molecule has 2 aromatic rings. The Morgan fingerprint density at radius 1 is 1.08 bits per heavy atom. The van der Waals surface area contributed by atoms with Crippen LogP contribution < -0.4 is 14.8 Å². The Kier molecular flexibility index (Phi) is 10.2. The van der Waals surface area contributed by atoms with Crippen molar-refractivity contribution in [2.24, 2.45) is 5.92 Å². The minimum absolute atomic E-state index is 0.0484. The molecule has 2 heterocycles. The second kappa shape index (κ2) is 13.8. The Balaban J connectivity index is 1.36. The molecule has 1 aliphatic heterocycles. The van der Waals surface area contributed by atoms with Crippen molar-refractivity contribution in [3.8, 4) is 22.6 Å². The zero-order chi connectivity index (χ0) is 26.0. The van der Waals surface area contributed by atoms with Crippen molar-refractivity contribution in [2.45, 2.75) is 58.4 Å². The number of piperazine rings is 1. The second-order valence-electron chi connectivity index (χ2n) is 10.6. The summed E-state index contributed by atoms with van der Waals surface area (Å²) in [7, 11) is 2.17. The molecule has 0 unspecified atom stereocenters. The van der Waals surface area contributed by atoms with Crippen LogP contribution in [-0.2, 0) is 11.2 Å². The number of amides is 1. The van der Waals surface area contributed by atoms with Crippen molar-refractivity contribution in [1.29, 1.82) is 0 Å². The summed E-state index contributed by atoms with van der Waals surface area (Å²) in [6.45, 7) is 10.6. The summed E-state index contributed by atoms with van der Waals surface area (Å²) in [5.41, 5.74) is 2.73. The lowest BCUT2D eigenvalue weighted by molar-refractivity contribution is -0.121. The zero-order valence-corrected chi connectivity index (χ0v) is 22.9. The fourth-order valence-corrected chi connectivity index (χ4v) is 5.38. The van der Waals surface area contributed by atoms with Crippen molar-refractivity contribution in [1.82, 2.24) is 20.1 Å². The molecule has 7 nitrogen and oxygen atoms in total. The van der Waals surface area contributed by atoms with Gasteiger partial charge in [0.2, 0.25) is 5.91 Å². The smallest absolute Gasteiger partial charge is 0.226 e. The number of hydrogen-bond donors (Lipinski definition) is 1. The number of aromatic nitrogens is 1. The first-order valence-corrected chi connectivity index (χ1v) is 14.1. The Morgan fingerprint density at radius 2 is 1.86 bits per heavy atom. The van der Waals surface area contributed by atoms with E-state index < -0.39 is 0 Å². The molecule has 1 aromatic carbocycles. The van der Waals surface area contributed by atoms with E-state index in [1.807, 2.05) is 43.5 Å². The lowest BCUT2D eigenvalue weighted by Crippen LogP contribution is -2.45. The maximum absolute atomic E-state index is 12.6. The molecular formula is C30H44N4O3. The minimum Gasteiger partial charge on any atom is -0.494 e. The summed E-state index contributed by atoms with van der Waals surface area (Å²) < 4.78 is 12.0. The van der Waals surface area contributed by atoms with Crippen molar-refractivity contribution < 1.29 is 14.3 Å². The molecule has 1 saturated heterocycles. The molecule has 0 radical (unpaired) electrons. The number of pyridine rings is 1. The van der Waals surface area contributed by atoms with Gasteiger partial charge in [-0.15, -0.1) is 0 Å². The van der Waals surface area contributed by atoms with Gasteiger partial charge >= 0.3 is 0 Å². The van der Waals surface area contributed by atoms with Gasteiger partial charge in [-0.3, -0.25) is 14.7 Å². The predicted molar refractivity (Wildman–Crippen MR) is 148 cm³/mol.